The fourth-order valence-corrected chi connectivity index (χ4v) is 3.97. The summed E-state index contributed by atoms with van der Waals surface area (Å²) in [4.78, 5) is 6.88. The molecule has 4 heterocycles. The van der Waals surface area contributed by atoms with Crippen molar-refractivity contribution in [3.8, 4) is 11.5 Å². The van der Waals surface area contributed by atoms with Crippen LogP contribution in [-0.2, 0) is 23.3 Å². The molecule has 2 aromatic rings. The first-order valence-electron chi connectivity index (χ1n) is 8.70. The third-order valence-electron chi connectivity index (χ3n) is 5.33. The van der Waals surface area contributed by atoms with Gasteiger partial charge in [-0.3, -0.25) is 15.0 Å². The average molecular weight is 344 g/mol. The van der Waals surface area contributed by atoms with Crippen LogP contribution < -0.4 is 9.47 Å². The number of H-pyrrole nitrogens is 1. The minimum atomic E-state index is -0.202. The van der Waals surface area contributed by atoms with E-state index >= 15 is 0 Å². The number of hydrogen-bond acceptors (Lipinski definition) is 6. The number of rotatable bonds is 4. The molecule has 7 heteroatoms. The van der Waals surface area contributed by atoms with Crippen molar-refractivity contribution in [2.45, 2.75) is 31.4 Å². The first kappa shape index (κ1) is 16.4. The highest BCUT2D eigenvalue weighted by Crippen LogP contribution is 2.40. The second kappa shape index (κ2) is 6.65. The molecule has 1 N–H and O–H groups in total. The fourth-order valence-electron chi connectivity index (χ4n) is 3.97. The van der Waals surface area contributed by atoms with Crippen molar-refractivity contribution in [2.75, 3.05) is 33.9 Å². The number of nitrogens with one attached hydrogen (secondary N) is 1. The number of nitrogens with zero attached hydrogens (tertiary/aromatic N) is 3. The molecule has 0 radical (unpaired) electrons. The van der Waals surface area contributed by atoms with E-state index in [1.807, 2.05) is 12.3 Å². The molecule has 1 saturated heterocycles. The molecule has 25 heavy (non-hydrogen) atoms. The molecule has 0 saturated carbocycles. The molecule has 0 bridgehead atoms. The molecule has 0 amide bonds. The molecular formula is C18H24N4O3. The molecule has 2 aliphatic rings. The van der Waals surface area contributed by atoms with Crippen LogP contribution in [0.2, 0.25) is 0 Å². The van der Waals surface area contributed by atoms with Gasteiger partial charge in [0.05, 0.1) is 32.7 Å². The third kappa shape index (κ3) is 2.87. The lowest BCUT2D eigenvalue weighted by atomic mass is 9.84. The number of aromatic amines is 1. The third-order valence-corrected chi connectivity index (χ3v) is 5.33. The summed E-state index contributed by atoms with van der Waals surface area (Å²) in [6.07, 6.45) is 6.56. The lowest BCUT2D eigenvalue weighted by Crippen LogP contribution is -2.46. The zero-order valence-electron chi connectivity index (χ0n) is 14.7. The zero-order chi connectivity index (χ0) is 17.3. The number of hydrogen-bond donors (Lipinski definition) is 1. The van der Waals surface area contributed by atoms with E-state index < -0.39 is 0 Å². The summed E-state index contributed by atoms with van der Waals surface area (Å²) in [5.74, 6) is 1.44. The van der Waals surface area contributed by atoms with E-state index in [0.717, 1.165) is 62.7 Å². The van der Waals surface area contributed by atoms with Crippen LogP contribution in [0.3, 0.4) is 0 Å². The minimum Gasteiger partial charge on any atom is -0.493 e. The quantitative estimate of drug-likeness (QED) is 0.913. The molecule has 0 unspecified atom stereocenters. The van der Waals surface area contributed by atoms with E-state index in [4.69, 9.17) is 14.2 Å². The van der Waals surface area contributed by atoms with Gasteiger partial charge < -0.3 is 14.2 Å². The molecule has 1 spiro atoms. The van der Waals surface area contributed by atoms with Crippen LogP contribution in [0.4, 0.5) is 0 Å². The van der Waals surface area contributed by atoms with Gasteiger partial charge in [0, 0.05) is 31.9 Å². The Morgan fingerprint density at radius 2 is 2.12 bits per heavy atom. The molecule has 1 fully saturated rings. The smallest absolute Gasteiger partial charge is 0.183 e. The van der Waals surface area contributed by atoms with E-state index in [9.17, 15) is 0 Å². The van der Waals surface area contributed by atoms with Crippen LogP contribution in [0.15, 0.2) is 18.5 Å². The Bertz CT molecular complexity index is 738. The van der Waals surface area contributed by atoms with Gasteiger partial charge in [-0.15, -0.1) is 0 Å². The van der Waals surface area contributed by atoms with Crippen LogP contribution in [0.25, 0.3) is 0 Å². The summed E-state index contributed by atoms with van der Waals surface area (Å²) in [6.45, 7) is 3.41. The van der Waals surface area contributed by atoms with Crippen LogP contribution in [0.1, 0.15) is 29.8 Å². The maximum Gasteiger partial charge on any atom is 0.183 e. The highest BCUT2D eigenvalue weighted by Gasteiger charge is 2.42. The van der Waals surface area contributed by atoms with Crippen molar-refractivity contribution < 1.29 is 14.2 Å². The summed E-state index contributed by atoms with van der Waals surface area (Å²) in [6, 6.07) is 1.82. The van der Waals surface area contributed by atoms with Crippen molar-refractivity contribution in [1.29, 1.82) is 0 Å². The molecule has 0 aromatic carbocycles. The Morgan fingerprint density at radius 1 is 1.28 bits per heavy atom. The molecule has 2 aromatic heterocycles. The van der Waals surface area contributed by atoms with Gasteiger partial charge in [0.15, 0.2) is 11.5 Å². The van der Waals surface area contributed by atoms with E-state index in [1.165, 1.54) is 11.3 Å². The fraction of sp³-hybridized carbons (Fsp3) is 0.556. The number of likely N-dealkylation sites (tertiary alicyclic amines) is 1. The summed E-state index contributed by atoms with van der Waals surface area (Å²) in [7, 11) is 3.30. The van der Waals surface area contributed by atoms with Crippen LogP contribution >= 0.6 is 0 Å². The SMILES string of the molecule is COc1ccnc(CN2CCC3(CC2)OCCc2cn[nH]c23)c1OC. The summed E-state index contributed by atoms with van der Waals surface area (Å²) in [5, 5.41) is 7.40. The first-order valence-corrected chi connectivity index (χ1v) is 8.70. The molecular weight excluding hydrogens is 320 g/mol. The van der Waals surface area contributed by atoms with Gasteiger partial charge in [-0.05, 0) is 24.8 Å². The zero-order valence-corrected chi connectivity index (χ0v) is 14.7. The number of pyridine rings is 1. The number of methoxy groups -OCH3 is 2. The predicted octanol–water partition coefficient (Wildman–Crippen LogP) is 1.89. The van der Waals surface area contributed by atoms with Gasteiger partial charge in [0.25, 0.3) is 0 Å². The van der Waals surface area contributed by atoms with Gasteiger partial charge in [0.2, 0.25) is 0 Å². The highest BCUT2D eigenvalue weighted by molar-refractivity contribution is 5.42. The Labute approximate surface area is 147 Å². The summed E-state index contributed by atoms with van der Waals surface area (Å²) in [5.41, 5.74) is 3.18. The monoisotopic (exact) mass is 344 g/mol. The maximum atomic E-state index is 6.21. The second-order valence-corrected chi connectivity index (χ2v) is 6.63. The Hall–Kier alpha value is -2.12. The molecule has 2 aliphatic heterocycles. The van der Waals surface area contributed by atoms with Crippen LogP contribution in [-0.4, -0.2) is 54.0 Å². The minimum absolute atomic E-state index is 0.202. The summed E-state index contributed by atoms with van der Waals surface area (Å²) >= 11 is 0. The maximum absolute atomic E-state index is 6.21. The van der Waals surface area contributed by atoms with E-state index in [0.29, 0.717) is 0 Å². The molecule has 4 rings (SSSR count). The largest absolute Gasteiger partial charge is 0.493 e. The van der Waals surface area contributed by atoms with Crippen LogP contribution in [0, 0.1) is 0 Å². The van der Waals surface area contributed by atoms with E-state index in [2.05, 4.69) is 20.1 Å². The lowest BCUT2D eigenvalue weighted by Gasteiger charge is -2.43. The van der Waals surface area contributed by atoms with Crippen LogP contribution in [0.5, 0.6) is 11.5 Å². The Balaban J connectivity index is 1.47. The number of aromatic nitrogens is 3. The highest BCUT2D eigenvalue weighted by atomic mass is 16.5. The van der Waals surface area contributed by atoms with Gasteiger partial charge in [-0.25, -0.2) is 0 Å². The molecule has 0 aliphatic carbocycles. The van der Waals surface area contributed by atoms with Crippen molar-refractivity contribution in [1.82, 2.24) is 20.1 Å². The van der Waals surface area contributed by atoms with Crippen molar-refractivity contribution >= 4 is 0 Å². The topological polar surface area (TPSA) is 72.5 Å². The van der Waals surface area contributed by atoms with E-state index in [1.54, 1.807) is 20.4 Å². The molecule has 0 atom stereocenters. The van der Waals surface area contributed by atoms with Gasteiger partial charge in [-0.2, -0.15) is 5.10 Å². The molecule has 134 valence electrons. The standard InChI is InChI=1S/C18H24N4O3/c1-23-15-3-7-19-14(16(15)24-2)12-22-8-5-18(6-9-22)17-13(4-10-25-18)11-20-21-17/h3,7,11H,4-6,8-10,12H2,1-2H3,(H,20,21). The Kier molecular flexibility index (Phi) is 4.35. The van der Waals surface area contributed by atoms with Gasteiger partial charge in [-0.1, -0.05) is 0 Å². The first-order chi connectivity index (χ1) is 12.3. The number of ether oxygens (including phenoxy) is 3. The second-order valence-electron chi connectivity index (χ2n) is 6.63. The van der Waals surface area contributed by atoms with Gasteiger partial charge in [0.1, 0.15) is 11.3 Å². The lowest BCUT2D eigenvalue weighted by molar-refractivity contribution is -0.102. The number of piperidine rings is 1. The van der Waals surface area contributed by atoms with E-state index in [-0.39, 0.29) is 5.60 Å². The molecule has 7 nitrogen and oxygen atoms in total. The number of fused-ring (bicyclic) bond motifs is 2. The Morgan fingerprint density at radius 3 is 2.88 bits per heavy atom. The summed E-state index contributed by atoms with van der Waals surface area (Å²) < 4.78 is 17.1. The average Bonchev–Trinajstić information content (AvgIpc) is 3.14. The van der Waals surface area contributed by atoms with Crippen molar-refractivity contribution in [3.05, 3.63) is 35.4 Å². The van der Waals surface area contributed by atoms with Crippen molar-refractivity contribution in [2.24, 2.45) is 0 Å². The normalized spacial score (nSPS) is 19.6. The van der Waals surface area contributed by atoms with Gasteiger partial charge >= 0.3 is 0 Å². The van der Waals surface area contributed by atoms with Crippen molar-refractivity contribution in [3.63, 3.8) is 0 Å². The predicted molar refractivity (Wildman–Crippen MR) is 91.8 cm³/mol.